The van der Waals surface area contributed by atoms with Crippen LogP contribution in [0.15, 0.2) is 34.9 Å². The van der Waals surface area contributed by atoms with E-state index in [0.29, 0.717) is 17.3 Å². The van der Waals surface area contributed by atoms with Gasteiger partial charge in [-0.15, -0.1) is 0 Å². The first-order chi connectivity index (χ1) is 8.20. The fraction of sp³-hybridized carbons (Fsp3) is 0.0833. The van der Waals surface area contributed by atoms with E-state index >= 15 is 0 Å². The Morgan fingerprint density at radius 1 is 1.47 bits per heavy atom. The van der Waals surface area contributed by atoms with Crippen molar-refractivity contribution in [2.45, 2.75) is 6.92 Å². The summed E-state index contributed by atoms with van der Waals surface area (Å²) in [6.07, 6.45) is 3.46. The van der Waals surface area contributed by atoms with Crippen LogP contribution >= 0.6 is 0 Å². The van der Waals surface area contributed by atoms with Gasteiger partial charge in [0.05, 0.1) is 5.56 Å². The normalized spacial score (nSPS) is 10.9. The third kappa shape index (κ3) is 2.39. The molecule has 0 fully saturated rings. The summed E-state index contributed by atoms with van der Waals surface area (Å²) in [7, 11) is 0. The maximum Gasteiger partial charge on any atom is 0.335 e. The average Bonchev–Trinajstić information content (AvgIpc) is 2.78. The molecule has 1 heterocycles. The molecule has 2 aromatic rings. The van der Waals surface area contributed by atoms with Crippen LogP contribution in [0, 0.1) is 0 Å². The maximum atomic E-state index is 10.8. The Kier molecular flexibility index (Phi) is 3.00. The highest BCUT2D eigenvalue weighted by molar-refractivity contribution is 5.89. The summed E-state index contributed by atoms with van der Waals surface area (Å²) in [6.45, 7) is 1.84. The van der Waals surface area contributed by atoms with Gasteiger partial charge in [0.1, 0.15) is 0 Å². The smallest absolute Gasteiger partial charge is 0.335 e. The summed E-state index contributed by atoms with van der Waals surface area (Å²) >= 11 is 0. The summed E-state index contributed by atoms with van der Waals surface area (Å²) in [5, 5.41) is 12.6. The molecule has 1 aromatic carbocycles. The SMILES string of the molecule is C/C=C/c1nc(-c2cccc(C(=O)O)c2)no1. The first kappa shape index (κ1) is 11.1. The zero-order chi connectivity index (χ0) is 12.3. The Morgan fingerprint density at radius 2 is 2.29 bits per heavy atom. The number of carbonyl (C=O) groups is 1. The van der Waals surface area contributed by atoms with E-state index in [0.717, 1.165) is 0 Å². The number of rotatable bonds is 3. The lowest BCUT2D eigenvalue weighted by Gasteiger charge is -1.96. The molecule has 0 aliphatic heterocycles. The van der Waals surface area contributed by atoms with E-state index in [4.69, 9.17) is 9.63 Å². The Bertz CT molecular complexity index is 573. The topological polar surface area (TPSA) is 76.2 Å². The third-order valence-corrected chi connectivity index (χ3v) is 2.12. The van der Waals surface area contributed by atoms with Crippen molar-refractivity contribution in [1.29, 1.82) is 0 Å². The van der Waals surface area contributed by atoms with Crippen molar-refractivity contribution in [3.05, 3.63) is 41.8 Å². The zero-order valence-electron chi connectivity index (χ0n) is 9.12. The molecule has 0 aliphatic carbocycles. The first-order valence-corrected chi connectivity index (χ1v) is 5.01. The van der Waals surface area contributed by atoms with Gasteiger partial charge in [-0.3, -0.25) is 0 Å². The monoisotopic (exact) mass is 230 g/mol. The van der Waals surface area contributed by atoms with Crippen molar-refractivity contribution in [3.8, 4) is 11.4 Å². The molecule has 0 radical (unpaired) electrons. The second-order valence-corrected chi connectivity index (χ2v) is 3.34. The molecule has 0 saturated heterocycles. The summed E-state index contributed by atoms with van der Waals surface area (Å²) in [5.74, 6) is -0.214. The quantitative estimate of drug-likeness (QED) is 0.876. The van der Waals surface area contributed by atoms with E-state index in [-0.39, 0.29) is 5.56 Å². The number of nitrogens with zero attached hydrogens (tertiary/aromatic N) is 2. The van der Waals surface area contributed by atoms with Crippen molar-refractivity contribution in [3.63, 3.8) is 0 Å². The Labute approximate surface area is 97.4 Å². The lowest BCUT2D eigenvalue weighted by Crippen LogP contribution is -1.96. The molecule has 0 spiro atoms. The van der Waals surface area contributed by atoms with Gasteiger partial charge in [-0.2, -0.15) is 4.98 Å². The van der Waals surface area contributed by atoms with Gasteiger partial charge in [-0.25, -0.2) is 4.79 Å². The molecule has 2 rings (SSSR count). The number of carboxylic acid groups (broad SMARTS) is 1. The standard InChI is InChI=1S/C12H10N2O3/c1-2-4-10-13-11(14-17-10)8-5-3-6-9(7-8)12(15)16/h2-7H,1H3,(H,15,16)/b4-2+. The molecular weight excluding hydrogens is 220 g/mol. The fourth-order valence-electron chi connectivity index (χ4n) is 1.35. The Balaban J connectivity index is 2.38. The zero-order valence-corrected chi connectivity index (χ0v) is 9.12. The molecule has 0 aliphatic rings. The van der Waals surface area contributed by atoms with E-state index < -0.39 is 5.97 Å². The summed E-state index contributed by atoms with van der Waals surface area (Å²) in [6, 6.07) is 6.40. The molecular formula is C12H10N2O3. The molecule has 86 valence electrons. The van der Waals surface area contributed by atoms with Gasteiger partial charge in [-0.1, -0.05) is 23.4 Å². The molecule has 0 bridgehead atoms. The molecule has 0 unspecified atom stereocenters. The van der Waals surface area contributed by atoms with Crippen LogP contribution in [0.3, 0.4) is 0 Å². The van der Waals surface area contributed by atoms with Crippen molar-refractivity contribution >= 4 is 12.0 Å². The summed E-state index contributed by atoms with van der Waals surface area (Å²) in [5.41, 5.74) is 0.810. The molecule has 5 heteroatoms. The van der Waals surface area contributed by atoms with Gasteiger partial charge < -0.3 is 9.63 Å². The highest BCUT2D eigenvalue weighted by atomic mass is 16.5. The fourth-order valence-corrected chi connectivity index (χ4v) is 1.35. The molecule has 1 N–H and O–H groups in total. The Hall–Kier alpha value is -2.43. The van der Waals surface area contributed by atoms with Gasteiger partial charge in [-0.05, 0) is 25.1 Å². The minimum absolute atomic E-state index is 0.194. The minimum atomic E-state index is -0.982. The van der Waals surface area contributed by atoms with Crippen LogP contribution in [0.5, 0.6) is 0 Å². The lowest BCUT2D eigenvalue weighted by molar-refractivity contribution is 0.0697. The van der Waals surface area contributed by atoms with Crippen LogP contribution in [0.2, 0.25) is 0 Å². The number of hydrogen-bond acceptors (Lipinski definition) is 4. The van der Waals surface area contributed by atoms with Crippen LogP contribution < -0.4 is 0 Å². The van der Waals surface area contributed by atoms with Crippen LogP contribution in [0.25, 0.3) is 17.5 Å². The van der Waals surface area contributed by atoms with Gasteiger partial charge in [0.25, 0.3) is 5.89 Å². The number of hydrogen-bond donors (Lipinski definition) is 1. The van der Waals surface area contributed by atoms with E-state index in [2.05, 4.69) is 10.1 Å². The predicted octanol–water partition coefficient (Wildman–Crippen LogP) is 2.47. The highest BCUT2D eigenvalue weighted by Gasteiger charge is 2.09. The third-order valence-electron chi connectivity index (χ3n) is 2.12. The number of aromatic carboxylic acids is 1. The molecule has 0 saturated carbocycles. The van der Waals surface area contributed by atoms with Gasteiger partial charge in [0.2, 0.25) is 5.82 Å². The minimum Gasteiger partial charge on any atom is -0.478 e. The van der Waals surface area contributed by atoms with E-state index in [1.807, 2.05) is 6.92 Å². The van der Waals surface area contributed by atoms with Gasteiger partial charge in [0, 0.05) is 5.56 Å². The van der Waals surface area contributed by atoms with Crippen molar-refractivity contribution < 1.29 is 14.4 Å². The van der Waals surface area contributed by atoms with Crippen LogP contribution in [0.4, 0.5) is 0 Å². The number of benzene rings is 1. The molecule has 17 heavy (non-hydrogen) atoms. The predicted molar refractivity (Wildman–Crippen MR) is 61.4 cm³/mol. The number of carboxylic acids is 1. The second kappa shape index (κ2) is 4.61. The highest BCUT2D eigenvalue weighted by Crippen LogP contribution is 2.17. The molecule has 0 atom stereocenters. The van der Waals surface area contributed by atoms with E-state index in [1.165, 1.54) is 12.1 Å². The first-order valence-electron chi connectivity index (χ1n) is 5.01. The molecule has 5 nitrogen and oxygen atoms in total. The lowest BCUT2D eigenvalue weighted by atomic mass is 10.1. The Morgan fingerprint density at radius 3 is 3.00 bits per heavy atom. The average molecular weight is 230 g/mol. The van der Waals surface area contributed by atoms with Crippen LogP contribution in [-0.4, -0.2) is 21.2 Å². The van der Waals surface area contributed by atoms with Crippen molar-refractivity contribution in [1.82, 2.24) is 10.1 Å². The van der Waals surface area contributed by atoms with Crippen molar-refractivity contribution in [2.24, 2.45) is 0 Å². The number of allylic oxidation sites excluding steroid dienone is 1. The van der Waals surface area contributed by atoms with E-state index in [1.54, 1.807) is 24.3 Å². The maximum absolute atomic E-state index is 10.8. The molecule has 1 aromatic heterocycles. The summed E-state index contributed by atoms with van der Waals surface area (Å²) in [4.78, 5) is 14.9. The summed E-state index contributed by atoms with van der Waals surface area (Å²) < 4.78 is 4.96. The van der Waals surface area contributed by atoms with Crippen molar-refractivity contribution in [2.75, 3.05) is 0 Å². The van der Waals surface area contributed by atoms with Crippen LogP contribution in [-0.2, 0) is 0 Å². The molecule has 0 amide bonds. The number of aromatic nitrogens is 2. The van der Waals surface area contributed by atoms with E-state index in [9.17, 15) is 4.79 Å². The van der Waals surface area contributed by atoms with Crippen LogP contribution in [0.1, 0.15) is 23.2 Å². The van der Waals surface area contributed by atoms with Gasteiger partial charge >= 0.3 is 5.97 Å². The second-order valence-electron chi connectivity index (χ2n) is 3.34. The largest absolute Gasteiger partial charge is 0.478 e. The van der Waals surface area contributed by atoms with Gasteiger partial charge in [0.15, 0.2) is 0 Å².